The molecule has 0 radical (unpaired) electrons. The number of rotatable bonds is 2. The number of carbonyl (C=O) groups excluding carboxylic acids is 1. The third-order valence-corrected chi connectivity index (χ3v) is 1.26. The monoisotopic (exact) mass is 266 g/mol. The van der Waals surface area contributed by atoms with E-state index in [1.54, 1.807) is 0 Å². The van der Waals surface area contributed by atoms with Gasteiger partial charge in [-0.25, -0.2) is 4.39 Å². The molecule has 0 saturated heterocycles. The molecule has 0 atom stereocenters. The third-order valence-electron chi connectivity index (χ3n) is 1.26. The zero-order valence-corrected chi connectivity index (χ0v) is 8.20. The minimum absolute atomic E-state index is 0. The average molecular weight is 264 g/mol. The first-order chi connectivity index (χ1) is 5.65. The number of halogens is 1. The molecule has 68 valence electrons. The maximum Gasteiger partial charge on any atom is 0.280 e. The molecule has 0 bridgehead atoms. The molecule has 0 aliphatic carbocycles. The second-order valence-corrected chi connectivity index (χ2v) is 2.03. The van der Waals surface area contributed by atoms with Crippen LogP contribution in [0.1, 0.15) is 5.56 Å². The number of nitrogens with zero attached hydrogens (tertiary/aromatic N) is 1. The van der Waals surface area contributed by atoms with Crippen molar-refractivity contribution in [2.24, 2.45) is 0 Å². The molecule has 1 rings (SSSR count). The van der Waals surface area contributed by atoms with Gasteiger partial charge in [0.25, 0.3) is 5.69 Å². The minimum Gasteiger partial charge on any atom is -0.376 e. The van der Waals surface area contributed by atoms with E-state index in [2.05, 4.69) is 0 Å². The van der Waals surface area contributed by atoms with E-state index in [0.29, 0.717) is 0 Å². The molecule has 0 aliphatic heterocycles. The Morgan fingerprint density at radius 3 is 2.46 bits per heavy atom. The van der Waals surface area contributed by atoms with E-state index in [9.17, 15) is 19.3 Å². The molecule has 4 nitrogen and oxygen atoms in total. The van der Waals surface area contributed by atoms with Crippen LogP contribution in [0.3, 0.4) is 0 Å². The summed E-state index contributed by atoms with van der Waals surface area (Å²) in [4.78, 5) is 19.2. The van der Waals surface area contributed by atoms with Gasteiger partial charge in [0, 0.05) is 21.1 Å². The van der Waals surface area contributed by atoms with Crippen molar-refractivity contribution in [3.05, 3.63) is 39.7 Å². The molecule has 0 saturated carbocycles. The predicted molar refractivity (Wildman–Crippen MR) is 37.8 cm³/mol. The molecule has 0 unspecified atom stereocenters. The van der Waals surface area contributed by atoms with Crippen molar-refractivity contribution in [2.75, 3.05) is 0 Å². The summed E-state index contributed by atoms with van der Waals surface area (Å²) in [6.45, 7) is 0. The van der Waals surface area contributed by atoms with Crippen LogP contribution in [0.4, 0.5) is 10.1 Å². The van der Waals surface area contributed by atoms with Gasteiger partial charge in [0.2, 0.25) is 0 Å². The molecule has 0 fully saturated rings. The van der Waals surface area contributed by atoms with E-state index in [-0.39, 0.29) is 26.6 Å². The molecule has 0 spiro atoms. The van der Waals surface area contributed by atoms with E-state index in [4.69, 9.17) is 0 Å². The average Bonchev–Trinajstić information content (AvgIpc) is 2.03. The van der Waals surface area contributed by atoms with Crippen molar-refractivity contribution in [1.29, 1.82) is 0 Å². The van der Waals surface area contributed by atoms with Gasteiger partial charge < -0.3 is 4.79 Å². The van der Waals surface area contributed by atoms with Crippen LogP contribution in [0.5, 0.6) is 0 Å². The van der Waals surface area contributed by atoms with E-state index < -0.39 is 16.4 Å². The predicted octanol–water partition coefficient (Wildman–Crippen LogP) is 1.19. The summed E-state index contributed by atoms with van der Waals surface area (Å²) in [5.41, 5.74) is -0.688. The molecule has 13 heavy (non-hydrogen) atoms. The smallest absolute Gasteiger partial charge is 0.280 e. The Balaban J connectivity index is 0.00000144. The maximum atomic E-state index is 12.7. The number of hydrogen-bond acceptors (Lipinski definition) is 3. The number of nitro benzene ring substituents is 1. The van der Waals surface area contributed by atoms with Crippen LogP contribution in [0.25, 0.3) is 0 Å². The molecule has 0 heterocycles. The van der Waals surface area contributed by atoms with Gasteiger partial charge in [-0.05, 0) is 6.07 Å². The van der Waals surface area contributed by atoms with Crippen molar-refractivity contribution < 1.29 is 35.2 Å². The number of nitro groups is 1. The molecule has 0 aliphatic rings. The van der Waals surface area contributed by atoms with E-state index >= 15 is 0 Å². The Kier molecular flexibility index (Phi) is 4.41. The maximum absolute atomic E-state index is 12.7. The Morgan fingerprint density at radius 1 is 1.46 bits per heavy atom. The first kappa shape index (κ1) is 11.9. The molecule has 1 aromatic carbocycles. The van der Waals surface area contributed by atoms with Gasteiger partial charge >= 0.3 is 0 Å². The first-order valence-electron chi connectivity index (χ1n) is 2.97. The summed E-state index contributed by atoms with van der Waals surface area (Å²) >= 11 is 0. The van der Waals surface area contributed by atoms with Crippen LogP contribution >= 0.6 is 0 Å². The van der Waals surface area contributed by atoms with Crippen molar-refractivity contribution >= 4 is 12.0 Å². The van der Waals surface area contributed by atoms with Crippen LogP contribution in [0, 0.1) is 15.9 Å². The van der Waals surface area contributed by atoms with Crippen molar-refractivity contribution in [3.63, 3.8) is 0 Å². The van der Waals surface area contributed by atoms with Crippen LogP contribution < -0.4 is 0 Å². The van der Waals surface area contributed by atoms with Gasteiger partial charge in [0.15, 0.2) is 0 Å². The van der Waals surface area contributed by atoms with Gasteiger partial charge in [0.05, 0.1) is 11.2 Å². The summed E-state index contributed by atoms with van der Waals surface area (Å²) in [6.07, 6.45) is 1.42. The Morgan fingerprint density at radius 2 is 2.08 bits per heavy atom. The van der Waals surface area contributed by atoms with Gasteiger partial charge in [-0.3, -0.25) is 10.1 Å². The van der Waals surface area contributed by atoms with Crippen molar-refractivity contribution in [3.8, 4) is 0 Å². The Bertz CT molecular complexity index is 343. The minimum atomic E-state index is -1.03. The second-order valence-electron chi connectivity index (χ2n) is 2.03. The van der Waals surface area contributed by atoms with Crippen LogP contribution in [-0.2, 0) is 25.9 Å². The number of hydrogen-bond donors (Lipinski definition) is 0. The zero-order valence-electron chi connectivity index (χ0n) is 6.19. The zero-order chi connectivity index (χ0) is 9.14. The van der Waals surface area contributed by atoms with Gasteiger partial charge in [0.1, 0.15) is 5.82 Å². The summed E-state index contributed by atoms with van der Waals surface area (Å²) in [6, 6.07) is 2.83. The van der Waals surface area contributed by atoms with Gasteiger partial charge in [-0.1, -0.05) is 0 Å². The second kappa shape index (κ2) is 4.82. The topological polar surface area (TPSA) is 60.2 Å². The molecule has 1 aromatic rings. The third kappa shape index (κ3) is 2.70. The fraction of sp³-hybridized carbons (Fsp3) is 0. The van der Waals surface area contributed by atoms with Crippen molar-refractivity contribution in [2.45, 2.75) is 0 Å². The SMILES string of the molecule is O=[C-]c1ccc([N+](=O)[O-])c(F)c1.[Mo]. The summed E-state index contributed by atoms with van der Waals surface area (Å²) in [5.74, 6) is -1.03. The molecular formula is C7H3FMoNO3-. The number of benzene rings is 1. The van der Waals surface area contributed by atoms with Gasteiger partial charge in [-0.15, -0.1) is 11.6 Å². The van der Waals surface area contributed by atoms with Gasteiger partial charge in [-0.2, -0.15) is 6.07 Å². The van der Waals surface area contributed by atoms with Crippen LogP contribution in [0.2, 0.25) is 0 Å². The molecule has 6 heteroatoms. The fourth-order valence-electron chi connectivity index (χ4n) is 0.718. The summed E-state index contributed by atoms with van der Waals surface area (Å²) in [5, 5.41) is 10.1. The molecule has 0 N–H and O–H groups in total. The van der Waals surface area contributed by atoms with Crippen LogP contribution in [-0.4, -0.2) is 11.2 Å². The standard InChI is InChI=1S/C7H3FNO3.Mo/c8-6-3-5(4-10)1-2-7(6)9(11)12;/h1-3H;/q-1;. The summed E-state index contributed by atoms with van der Waals surface area (Å²) < 4.78 is 12.7. The summed E-state index contributed by atoms with van der Waals surface area (Å²) in [7, 11) is 0. The molecule has 0 amide bonds. The Labute approximate surface area is 87.2 Å². The Hall–Kier alpha value is -1.09. The quantitative estimate of drug-likeness (QED) is 0.349. The fourth-order valence-corrected chi connectivity index (χ4v) is 0.718. The van der Waals surface area contributed by atoms with Crippen LogP contribution in [0.15, 0.2) is 18.2 Å². The first-order valence-corrected chi connectivity index (χ1v) is 2.97. The van der Waals surface area contributed by atoms with Crippen molar-refractivity contribution in [1.82, 2.24) is 0 Å². The van der Waals surface area contributed by atoms with E-state index in [1.807, 2.05) is 0 Å². The van der Waals surface area contributed by atoms with E-state index in [0.717, 1.165) is 18.2 Å². The largest absolute Gasteiger partial charge is 0.376 e. The molecular weight excluding hydrogens is 261 g/mol. The normalized spacial score (nSPS) is 8.69. The van der Waals surface area contributed by atoms with E-state index in [1.165, 1.54) is 6.29 Å². The molecule has 0 aromatic heterocycles.